The fourth-order valence-electron chi connectivity index (χ4n) is 2.77. The predicted octanol–water partition coefficient (Wildman–Crippen LogP) is 2.07. The summed E-state index contributed by atoms with van der Waals surface area (Å²) in [6, 6.07) is 3.64. The third-order valence-corrected chi connectivity index (χ3v) is 4.06. The van der Waals surface area contributed by atoms with E-state index in [4.69, 9.17) is 0 Å². The summed E-state index contributed by atoms with van der Waals surface area (Å²) < 4.78 is 0. The molecule has 1 amide bonds. The van der Waals surface area contributed by atoms with Gasteiger partial charge in [-0.15, -0.1) is 0 Å². The van der Waals surface area contributed by atoms with Crippen LogP contribution in [0.4, 0.5) is 0 Å². The van der Waals surface area contributed by atoms with Gasteiger partial charge < -0.3 is 9.88 Å². The van der Waals surface area contributed by atoms with Crippen molar-refractivity contribution in [3.63, 3.8) is 0 Å². The second kappa shape index (κ2) is 7.21. The smallest absolute Gasteiger partial charge is 0.254 e. The van der Waals surface area contributed by atoms with Gasteiger partial charge in [0, 0.05) is 36.5 Å². The fraction of sp³-hybridized carbons (Fsp3) is 0.333. The van der Waals surface area contributed by atoms with E-state index in [9.17, 15) is 9.59 Å². The van der Waals surface area contributed by atoms with E-state index in [2.05, 4.69) is 15.0 Å². The Morgan fingerprint density at radius 3 is 3.04 bits per heavy atom. The van der Waals surface area contributed by atoms with E-state index in [1.165, 1.54) is 0 Å². The number of fused-ring (bicyclic) bond motifs is 1. The summed E-state index contributed by atoms with van der Waals surface area (Å²) in [4.78, 5) is 37.8. The standard InChI is InChI=1S/C18H20N4O2/c1-2-3-4-7-16(23)22-10-8-14-15(12-22)20-17(21-18(14)24)13-6-5-9-19-11-13/h3-6,9,11H,2,7-8,10,12H2,1H3,(H,20,21,24). The van der Waals surface area contributed by atoms with Gasteiger partial charge in [-0.3, -0.25) is 14.6 Å². The molecule has 0 unspecified atom stereocenters. The first-order chi connectivity index (χ1) is 11.7. The molecule has 0 radical (unpaired) electrons. The van der Waals surface area contributed by atoms with Crippen molar-refractivity contribution in [2.24, 2.45) is 0 Å². The summed E-state index contributed by atoms with van der Waals surface area (Å²) >= 11 is 0. The number of nitrogens with zero attached hydrogens (tertiary/aromatic N) is 3. The highest BCUT2D eigenvalue weighted by molar-refractivity contribution is 5.78. The number of aromatic amines is 1. The Kier molecular flexibility index (Phi) is 4.84. The molecule has 6 nitrogen and oxygen atoms in total. The van der Waals surface area contributed by atoms with Crippen LogP contribution in [0.15, 0.2) is 41.5 Å². The number of nitrogens with one attached hydrogen (secondary N) is 1. The molecule has 3 heterocycles. The molecule has 24 heavy (non-hydrogen) atoms. The van der Waals surface area contributed by atoms with Gasteiger partial charge in [0.2, 0.25) is 5.91 Å². The number of carbonyl (C=O) groups is 1. The van der Waals surface area contributed by atoms with Gasteiger partial charge in [-0.25, -0.2) is 4.98 Å². The average molecular weight is 324 g/mol. The number of carbonyl (C=O) groups excluding carboxylic acids is 1. The molecule has 1 aliphatic rings. The number of hydrogen-bond donors (Lipinski definition) is 1. The lowest BCUT2D eigenvalue weighted by atomic mass is 10.1. The molecule has 3 rings (SSSR count). The Bertz CT molecular complexity index is 812. The van der Waals surface area contributed by atoms with Gasteiger partial charge in [0.15, 0.2) is 0 Å². The number of rotatable bonds is 4. The Hall–Kier alpha value is -2.76. The summed E-state index contributed by atoms with van der Waals surface area (Å²) in [5, 5.41) is 0. The van der Waals surface area contributed by atoms with Crippen LogP contribution >= 0.6 is 0 Å². The minimum atomic E-state index is -0.128. The Balaban J connectivity index is 1.85. The number of amides is 1. The summed E-state index contributed by atoms with van der Waals surface area (Å²) in [7, 11) is 0. The average Bonchev–Trinajstić information content (AvgIpc) is 2.62. The van der Waals surface area contributed by atoms with Gasteiger partial charge in [-0.2, -0.15) is 0 Å². The van der Waals surface area contributed by atoms with Crippen molar-refractivity contribution in [3.05, 3.63) is 58.3 Å². The van der Waals surface area contributed by atoms with Crippen molar-refractivity contribution in [2.75, 3.05) is 6.54 Å². The van der Waals surface area contributed by atoms with Crippen molar-refractivity contribution in [1.29, 1.82) is 0 Å². The quantitative estimate of drug-likeness (QED) is 0.873. The molecule has 124 valence electrons. The van der Waals surface area contributed by atoms with Crippen LogP contribution < -0.4 is 5.56 Å². The number of aromatic nitrogens is 3. The molecule has 2 aromatic heterocycles. The number of pyridine rings is 1. The number of H-pyrrole nitrogens is 1. The minimum Gasteiger partial charge on any atom is -0.336 e. The van der Waals surface area contributed by atoms with E-state index >= 15 is 0 Å². The molecular weight excluding hydrogens is 304 g/mol. The van der Waals surface area contributed by atoms with Crippen LogP contribution in [0.25, 0.3) is 11.4 Å². The van der Waals surface area contributed by atoms with Crippen LogP contribution in [-0.2, 0) is 17.8 Å². The van der Waals surface area contributed by atoms with Crippen LogP contribution in [0, 0.1) is 0 Å². The molecule has 0 saturated heterocycles. The summed E-state index contributed by atoms with van der Waals surface area (Å²) in [6.07, 6.45) is 9.05. The van der Waals surface area contributed by atoms with E-state index in [-0.39, 0.29) is 11.5 Å². The molecule has 6 heteroatoms. The molecule has 0 spiro atoms. The molecule has 0 bridgehead atoms. The zero-order valence-electron chi connectivity index (χ0n) is 13.7. The second-order valence-corrected chi connectivity index (χ2v) is 5.73. The van der Waals surface area contributed by atoms with Crippen molar-refractivity contribution < 1.29 is 4.79 Å². The molecule has 0 atom stereocenters. The molecule has 1 aliphatic heterocycles. The highest BCUT2D eigenvalue weighted by Gasteiger charge is 2.23. The highest BCUT2D eigenvalue weighted by atomic mass is 16.2. The second-order valence-electron chi connectivity index (χ2n) is 5.73. The van der Waals surface area contributed by atoms with E-state index in [1.54, 1.807) is 23.4 Å². The predicted molar refractivity (Wildman–Crippen MR) is 91.3 cm³/mol. The summed E-state index contributed by atoms with van der Waals surface area (Å²) in [5.74, 6) is 0.558. The van der Waals surface area contributed by atoms with Gasteiger partial charge in [-0.1, -0.05) is 19.1 Å². The Morgan fingerprint density at radius 1 is 1.42 bits per heavy atom. The SMILES string of the molecule is CCC=CCC(=O)N1CCc2c(nc(-c3cccnc3)[nH]c2=O)C1. The maximum Gasteiger partial charge on any atom is 0.254 e. The highest BCUT2D eigenvalue weighted by Crippen LogP contribution is 2.18. The number of allylic oxidation sites excluding steroid dienone is 1. The van der Waals surface area contributed by atoms with E-state index in [0.717, 1.165) is 12.0 Å². The maximum atomic E-state index is 12.3. The first-order valence-electron chi connectivity index (χ1n) is 8.14. The maximum absolute atomic E-state index is 12.3. The summed E-state index contributed by atoms with van der Waals surface area (Å²) in [6.45, 7) is 2.97. The molecule has 0 aliphatic carbocycles. The van der Waals surface area contributed by atoms with Crippen LogP contribution in [0.2, 0.25) is 0 Å². The molecule has 0 aromatic carbocycles. The zero-order valence-corrected chi connectivity index (χ0v) is 13.7. The van der Waals surface area contributed by atoms with Crippen molar-refractivity contribution >= 4 is 5.91 Å². The van der Waals surface area contributed by atoms with Gasteiger partial charge in [0.1, 0.15) is 5.82 Å². The summed E-state index contributed by atoms with van der Waals surface area (Å²) in [5.41, 5.74) is 1.98. The molecule has 0 saturated carbocycles. The van der Waals surface area contributed by atoms with Gasteiger partial charge in [-0.05, 0) is 25.0 Å². The molecule has 1 N–H and O–H groups in total. The Morgan fingerprint density at radius 2 is 2.29 bits per heavy atom. The first kappa shape index (κ1) is 16.1. The van der Waals surface area contributed by atoms with Crippen LogP contribution in [0.5, 0.6) is 0 Å². The van der Waals surface area contributed by atoms with E-state index < -0.39 is 0 Å². The van der Waals surface area contributed by atoms with E-state index in [0.29, 0.717) is 43.0 Å². The van der Waals surface area contributed by atoms with Crippen LogP contribution in [0.3, 0.4) is 0 Å². The fourth-order valence-corrected chi connectivity index (χ4v) is 2.77. The first-order valence-corrected chi connectivity index (χ1v) is 8.14. The van der Waals surface area contributed by atoms with E-state index in [1.807, 2.05) is 25.1 Å². The van der Waals surface area contributed by atoms with Crippen molar-refractivity contribution in [1.82, 2.24) is 19.9 Å². The van der Waals surface area contributed by atoms with Crippen molar-refractivity contribution in [3.8, 4) is 11.4 Å². The monoisotopic (exact) mass is 324 g/mol. The largest absolute Gasteiger partial charge is 0.336 e. The molecule has 0 fully saturated rings. The topological polar surface area (TPSA) is 79.0 Å². The zero-order chi connectivity index (χ0) is 16.9. The lowest BCUT2D eigenvalue weighted by molar-refractivity contribution is -0.131. The van der Waals surface area contributed by atoms with Gasteiger partial charge >= 0.3 is 0 Å². The van der Waals surface area contributed by atoms with Gasteiger partial charge in [0.05, 0.1) is 12.2 Å². The Labute approximate surface area is 140 Å². The van der Waals surface area contributed by atoms with Crippen LogP contribution in [0.1, 0.15) is 31.0 Å². The van der Waals surface area contributed by atoms with Crippen LogP contribution in [-0.4, -0.2) is 32.3 Å². The third-order valence-electron chi connectivity index (χ3n) is 4.06. The lowest BCUT2D eigenvalue weighted by Crippen LogP contribution is -2.39. The minimum absolute atomic E-state index is 0.0651. The van der Waals surface area contributed by atoms with Crippen molar-refractivity contribution in [2.45, 2.75) is 32.7 Å². The molecular formula is C18H20N4O2. The normalized spacial score (nSPS) is 14.0. The number of hydrogen-bond acceptors (Lipinski definition) is 4. The molecule has 2 aromatic rings. The lowest BCUT2D eigenvalue weighted by Gasteiger charge is -2.27. The van der Waals surface area contributed by atoms with Gasteiger partial charge in [0.25, 0.3) is 5.56 Å². The third kappa shape index (κ3) is 3.42.